The van der Waals surface area contributed by atoms with Crippen LogP contribution in [0.25, 0.3) is 11.3 Å². The minimum atomic E-state index is -0.740. The average Bonchev–Trinajstić information content (AvgIpc) is 2.73. The van der Waals surface area contributed by atoms with Crippen LogP contribution in [-0.4, -0.2) is 15.9 Å². The molecule has 0 unspecified atom stereocenters. The van der Waals surface area contributed by atoms with Gasteiger partial charge in [0.15, 0.2) is 0 Å². The van der Waals surface area contributed by atoms with Crippen LogP contribution in [0.1, 0.15) is 5.56 Å². The maximum atomic E-state index is 13.8. The number of rotatable bonds is 2. The van der Waals surface area contributed by atoms with E-state index < -0.39 is 11.6 Å². The van der Waals surface area contributed by atoms with Crippen LogP contribution in [-0.2, 0) is 11.2 Å². The van der Waals surface area contributed by atoms with Crippen LogP contribution in [0, 0.1) is 11.6 Å². The normalized spacial score (nSPS) is 12.6. The molecular formula is C18H12F2N4O. The summed E-state index contributed by atoms with van der Waals surface area (Å²) in [5.41, 5.74) is 2.75. The molecule has 0 spiro atoms. The van der Waals surface area contributed by atoms with Crippen LogP contribution in [0.15, 0.2) is 48.7 Å². The number of nitrogens with zero attached hydrogens (tertiary/aromatic N) is 2. The van der Waals surface area contributed by atoms with Crippen molar-refractivity contribution in [3.05, 3.63) is 65.9 Å². The molecule has 0 saturated carbocycles. The molecule has 124 valence electrons. The van der Waals surface area contributed by atoms with Crippen LogP contribution in [0.4, 0.5) is 26.1 Å². The monoisotopic (exact) mass is 338 g/mol. The maximum absolute atomic E-state index is 13.8. The minimum Gasteiger partial charge on any atom is -0.325 e. The maximum Gasteiger partial charge on any atom is 0.228 e. The van der Waals surface area contributed by atoms with Gasteiger partial charge in [0, 0.05) is 23.4 Å². The lowest BCUT2D eigenvalue weighted by atomic mass is 10.1. The van der Waals surface area contributed by atoms with Crippen molar-refractivity contribution in [1.29, 1.82) is 0 Å². The van der Waals surface area contributed by atoms with Crippen molar-refractivity contribution in [2.45, 2.75) is 6.42 Å². The quantitative estimate of drug-likeness (QED) is 0.748. The zero-order chi connectivity index (χ0) is 17.4. The molecule has 0 saturated heterocycles. The number of hydrogen-bond donors (Lipinski definition) is 2. The summed E-state index contributed by atoms with van der Waals surface area (Å²) in [4.78, 5) is 20.6. The molecule has 0 fully saturated rings. The number of fused-ring (bicyclic) bond motifs is 3. The molecule has 0 bridgehead atoms. The fraction of sp³-hybridized carbons (Fsp3) is 0.0556. The van der Waals surface area contributed by atoms with E-state index in [1.807, 2.05) is 18.2 Å². The lowest BCUT2D eigenvalue weighted by molar-refractivity contribution is -0.115. The van der Waals surface area contributed by atoms with E-state index in [2.05, 4.69) is 20.6 Å². The van der Waals surface area contributed by atoms with Gasteiger partial charge in [-0.1, -0.05) is 18.2 Å². The second kappa shape index (κ2) is 5.94. The predicted octanol–water partition coefficient (Wildman–Crippen LogP) is 3.66. The van der Waals surface area contributed by atoms with Crippen molar-refractivity contribution in [1.82, 2.24) is 9.97 Å². The summed E-state index contributed by atoms with van der Waals surface area (Å²) in [7, 11) is 0. The smallest absolute Gasteiger partial charge is 0.228 e. The van der Waals surface area contributed by atoms with E-state index in [-0.39, 0.29) is 24.0 Å². The summed E-state index contributed by atoms with van der Waals surface area (Å²) in [5.74, 6) is -1.39. The Morgan fingerprint density at radius 2 is 1.96 bits per heavy atom. The second-order valence-electron chi connectivity index (χ2n) is 5.59. The molecule has 0 radical (unpaired) electrons. The Morgan fingerprint density at radius 1 is 1.12 bits per heavy atom. The highest BCUT2D eigenvalue weighted by Crippen LogP contribution is 2.33. The van der Waals surface area contributed by atoms with Crippen molar-refractivity contribution in [3.8, 4) is 11.3 Å². The largest absolute Gasteiger partial charge is 0.325 e. The number of carbonyl (C=O) groups is 1. The summed E-state index contributed by atoms with van der Waals surface area (Å²) >= 11 is 0. The Balaban J connectivity index is 1.77. The van der Waals surface area contributed by atoms with Gasteiger partial charge in [-0.15, -0.1) is 0 Å². The number of nitrogens with one attached hydrogen (secondary N) is 2. The molecule has 7 heteroatoms. The summed E-state index contributed by atoms with van der Waals surface area (Å²) < 4.78 is 26.8. The fourth-order valence-electron chi connectivity index (χ4n) is 2.71. The summed E-state index contributed by atoms with van der Waals surface area (Å²) in [5, 5.41) is 5.57. The number of halogens is 2. The van der Waals surface area contributed by atoms with Crippen molar-refractivity contribution >= 4 is 23.2 Å². The number of anilines is 3. The first kappa shape index (κ1) is 15.2. The molecule has 5 nitrogen and oxygen atoms in total. The lowest BCUT2D eigenvalue weighted by Crippen LogP contribution is -2.12. The Kier molecular flexibility index (Phi) is 3.61. The third-order valence-corrected chi connectivity index (χ3v) is 3.85. The molecule has 1 amide bonds. The van der Waals surface area contributed by atoms with Crippen LogP contribution < -0.4 is 10.6 Å². The zero-order valence-electron chi connectivity index (χ0n) is 12.9. The van der Waals surface area contributed by atoms with Gasteiger partial charge in [-0.3, -0.25) is 4.79 Å². The molecule has 2 heterocycles. The van der Waals surface area contributed by atoms with Gasteiger partial charge in [-0.2, -0.15) is 0 Å². The van der Waals surface area contributed by atoms with Crippen molar-refractivity contribution < 1.29 is 13.6 Å². The summed E-state index contributed by atoms with van der Waals surface area (Å²) in [6.45, 7) is 0. The number of amides is 1. The van der Waals surface area contributed by atoms with Crippen molar-refractivity contribution in [3.63, 3.8) is 0 Å². The topological polar surface area (TPSA) is 66.9 Å². The molecule has 25 heavy (non-hydrogen) atoms. The molecule has 1 aliphatic heterocycles. The number of benzene rings is 2. The second-order valence-corrected chi connectivity index (χ2v) is 5.59. The van der Waals surface area contributed by atoms with Gasteiger partial charge in [0.05, 0.1) is 23.5 Å². The lowest BCUT2D eigenvalue weighted by Gasteiger charge is -2.10. The van der Waals surface area contributed by atoms with Crippen LogP contribution in [0.2, 0.25) is 0 Å². The zero-order valence-corrected chi connectivity index (χ0v) is 12.9. The third kappa shape index (κ3) is 2.91. The van der Waals surface area contributed by atoms with E-state index in [4.69, 9.17) is 0 Å². The number of hydrogen-bond acceptors (Lipinski definition) is 4. The molecule has 0 aliphatic carbocycles. The summed E-state index contributed by atoms with van der Waals surface area (Å²) in [6, 6.07) is 10.5. The van der Waals surface area contributed by atoms with E-state index in [1.54, 1.807) is 6.07 Å². The minimum absolute atomic E-state index is 0.0671. The van der Waals surface area contributed by atoms with Gasteiger partial charge in [0.25, 0.3) is 0 Å². The Morgan fingerprint density at radius 3 is 2.80 bits per heavy atom. The van der Waals surface area contributed by atoms with E-state index >= 15 is 0 Å². The van der Waals surface area contributed by atoms with Crippen molar-refractivity contribution in [2.24, 2.45) is 0 Å². The first-order valence-electron chi connectivity index (χ1n) is 7.57. The Bertz CT molecular complexity index is 991. The number of carbonyl (C=O) groups excluding carboxylic acids is 1. The fourth-order valence-corrected chi connectivity index (χ4v) is 2.71. The van der Waals surface area contributed by atoms with Gasteiger partial charge in [-0.25, -0.2) is 18.7 Å². The average molecular weight is 338 g/mol. The van der Waals surface area contributed by atoms with E-state index in [0.29, 0.717) is 16.9 Å². The van der Waals surface area contributed by atoms with E-state index in [1.165, 1.54) is 12.3 Å². The van der Waals surface area contributed by atoms with Gasteiger partial charge in [0.1, 0.15) is 11.6 Å². The van der Waals surface area contributed by atoms with Gasteiger partial charge in [0.2, 0.25) is 11.9 Å². The van der Waals surface area contributed by atoms with Crippen LogP contribution >= 0.6 is 0 Å². The third-order valence-electron chi connectivity index (χ3n) is 3.85. The predicted molar refractivity (Wildman–Crippen MR) is 89.4 cm³/mol. The molecule has 0 atom stereocenters. The Labute approximate surface area is 141 Å². The highest BCUT2D eigenvalue weighted by Gasteiger charge is 2.20. The van der Waals surface area contributed by atoms with Crippen LogP contribution in [0.5, 0.6) is 0 Å². The first-order valence-corrected chi connectivity index (χ1v) is 7.57. The van der Waals surface area contributed by atoms with Crippen LogP contribution in [0.3, 0.4) is 0 Å². The SMILES string of the molecule is O=C1Cc2cnc(Nc3ccc(F)cc3F)nc2-c2ccccc2N1. The highest BCUT2D eigenvalue weighted by molar-refractivity contribution is 5.99. The molecule has 2 N–H and O–H groups in total. The number of aromatic nitrogens is 2. The Hall–Kier alpha value is -3.35. The standard InChI is InChI=1S/C18H12F2N4O/c19-11-5-6-15(13(20)8-11)23-18-21-9-10-7-16(25)22-14-4-2-1-3-12(14)17(10)24-18/h1-6,8-9H,7H2,(H,22,25)(H,21,23,24). The molecule has 3 aromatic rings. The molecule has 4 rings (SSSR count). The highest BCUT2D eigenvalue weighted by atomic mass is 19.1. The van der Waals surface area contributed by atoms with E-state index in [0.717, 1.165) is 17.7 Å². The van der Waals surface area contributed by atoms with E-state index in [9.17, 15) is 13.6 Å². The molecular weight excluding hydrogens is 326 g/mol. The van der Waals surface area contributed by atoms with Crippen molar-refractivity contribution in [2.75, 3.05) is 10.6 Å². The summed E-state index contributed by atoms with van der Waals surface area (Å²) in [6.07, 6.45) is 1.68. The molecule has 2 aromatic carbocycles. The van der Waals surface area contributed by atoms with Gasteiger partial charge >= 0.3 is 0 Å². The molecule has 1 aliphatic rings. The first-order chi connectivity index (χ1) is 12.1. The van der Waals surface area contributed by atoms with Gasteiger partial charge in [-0.05, 0) is 18.2 Å². The van der Waals surface area contributed by atoms with Gasteiger partial charge < -0.3 is 10.6 Å². The molecule has 1 aromatic heterocycles. The number of para-hydroxylation sites is 1.